The Labute approximate surface area is 142 Å². The molecule has 7 heteroatoms. The Hall–Kier alpha value is -2.02. The van der Waals surface area contributed by atoms with Gasteiger partial charge in [0.15, 0.2) is 0 Å². The van der Waals surface area contributed by atoms with E-state index in [1.165, 1.54) is 6.20 Å². The lowest BCUT2D eigenvalue weighted by molar-refractivity contribution is -0.130. The number of morpholine rings is 1. The smallest absolute Gasteiger partial charge is 0.274 e. The average Bonchev–Trinajstić information content (AvgIpc) is 2.62. The lowest BCUT2D eigenvalue weighted by Crippen LogP contribution is -2.41. The predicted octanol–water partition coefficient (Wildman–Crippen LogP) is 0.750. The first-order chi connectivity index (χ1) is 11.6. The van der Waals surface area contributed by atoms with E-state index in [1.807, 2.05) is 4.90 Å². The van der Waals surface area contributed by atoms with Crippen LogP contribution in [-0.2, 0) is 16.0 Å². The van der Waals surface area contributed by atoms with Crippen molar-refractivity contribution >= 4 is 11.8 Å². The molecule has 3 rings (SSSR count). The molecule has 2 amide bonds. The molecule has 1 aromatic heterocycles. The standard InChI is InChI=1S/C17H24N4O3/c1-13(22)21-4-2-3-14(12-21)9-15-10-18-11-16(19-15)17(23)20-5-7-24-8-6-20/h10-11,14H,2-9,12H2,1H3/t14-/m1/s1. The van der Waals surface area contributed by atoms with E-state index < -0.39 is 0 Å². The summed E-state index contributed by atoms with van der Waals surface area (Å²) in [5.41, 5.74) is 1.22. The van der Waals surface area contributed by atoms with Crippen LogP contribution in [-0.4, -0.2) is 71.0 Å². The van der Waals surface area contributed by atoms with Gasteiger partial charge in [-0.05, 0) is 25.2 Å². The molecule has 1 atom stereocenters. The van der Waals surface area contributed by atoms with Crippen molar-refractivity contribution in [3.05, 3.63) is 23.8 Å². The number of piperidine rings is 1. The number of ether oxygens (including phenoxy) is 1. The van der Waals surface area contributed by atoms with Crippen LogP contribution in [0.1, 0.15) is 35.9 Å². The molecular weight excluding hydrogens is 308 g/mol. The maximum absolute atomic E-state index is 12.5. The zero-order valence-electron chi connectivity index (χ0n) is 14.1. The van der Waals surface area contributed by atoms with Gasteiger partial charge in [0.05, 0.1) is 25.1 Å². The number of nitrogens with zero attached hydrogens (tertiary/aromatic N) is 4. The van der Waals surface area contributed by atoms with E-state index in [1.54, 1.807) is 18.0 Å². The molecule has 0 radical (unpaired) electrons. The molecular formula is C17H24N4O3. The first-order valence-corrected chi connectivity index (χ1v) is 8.57. The molecule has 0 saturated carbocycles. The summed E-state index contributed by atoms with van der Waals surface area (Å²) >= 11 is 0. The van der Waals surface area contributed by atoms with Crippen molar-refractivity contribution in [1.82, 2.24) is 19.8 Å². The fraction of sp³-hybridized carbons (Fsp3) is 0.647. The maximum atomic E-state index is 12.5. The zero-order valence-corrected chi connectivity index (χ0v) is 14.1. The molecule has 0 bridgehead atoms. The molecule has 2 saturated heterocycles. The summed E-state index contributed by atoms with van der Waals surface area (Å²) in [7, 11) is 0. The Balaban J connectivity index is 1.64. The van der Waals surface area contributed by atoms with Gasteiger partial charge in [0.25, 0.3) is 5.91 Å². The van der Waals surface area contributed by atoms with Gasteiger partial charge in [-0.25, -0.2) is 4.98 Å². The summed E-state index contributed by atoms with van der Waals surface area (Å²) in [6.07, 6.45) is 6.10. The van der Waals surface area contributed by atoms with Crippen LogP contribution < -0.4 is 0 Å². The number of rotatable bonds is 3. The largest absolute Gasteiger partial charge is 0.378 e. The van der Waals surface area contributed by atoms with Crippen LogP contribution in [0.25, 0.3) is 0 Å². The number of carbonyl (C=O) groups is 2. The van der Waals surface area contributed by atoms with Crippen LogP contribution in [0.4, 0.5) is 0 Å². The molecule has 0 unspecified atom stereocenters. The van der Waals surface area contributed by atoms with Gasteiger partial charge in [-0.2, -0.15) is 0 Å². The summed E-state index contributed by atoms with van der Waals surface area (Å²) < 4.78 is 5.28. The number of likely N-dealkylation sites (tertiary alicyclic amines) is 1. The molecule has 2 fully saturated rings. The van der Waals surface area contributed by atoms with Gasteiger partial charge in [0.2, 0.25) is 5.91 Å². The van der Waals surface area contributed by atoms with Gasteiger partial charge in [0, 0.05) is 39.3 Å². The molecule has 0 N–H and O–H groups in total. The number of hydrogen-bond donors (Lipinski definition) is 0. The molecule has 1 aromatic rings. The van der Waals surface area contributed by atoms with E-state index in [0.29, 0.717) is 37.9 Å². The highest BCUT2D eigenvalue weighted by Crippen LogP contribution is 2.20. The van der Waals surface area contributed by atoms with Crippen LogP contribution in [0.2, 0.25) is 0 Å². The molecule has 3 heterocycles. The van der Waals surface area contributed by atoms with Crippen molar-refractivity contribution in [1.29, 1.82) is 0 Å². The van der Waals surface area contributed by atoms with E-state index in [9.17, 15) is 9.59 Å². The highest BCUT2D eigenvalue weighted by molar-refractivity contribution is 5.92. The zero-order chi connectivity index (χ0) is 16.9. The third-order valence-electron chi connectivity index (χ3n) is 4.66. The number of carbonyl (C=O) groups excluding carboxylic acids is 2. The SMILES string of the molecule is CC(=O)N1CCC[C@H](Cc2cncc(C(=O)N3CCOCC3)n2)C1. The lowest BCUT2D eigenvalue weighted by Gasteiger charge is -2.32. The minimum Gasteiger partial charge on any atom is -0.378 e. The first-order valence-electron chi connectivity index (χ1n) is 8.57. The summed E-state index contributed by atoms with van der Waals surface area (Å²) in [6, 6.07) is 0. The van der Waals surface area contributed by atoms with Gasteiger partial charge in [0.1, 0.15) is 5.69 Å². The summed E-state index contributed by atoms with van der Waals surface area (Å²) in [5.74, 6) is 0.425. The third-order valence-corrected chi connectivity index (χ3v) is 4.66. The average molecular weight is 332 g/mol. The fourth-order valence-electron chi connectivity index (χ4n) is 3.35. The van der Waals surface area contributed by atoms with E-state index in [2.05, 4.69) is 9.97 Å². The molecule has 0 aliphatic carbocycles. The second-order valence-corrected chi connectivity index (χ2v) is 6.48. The Morgan fingerprint density at radius 2 is 2.00 bits per heavy atom. The molecule has 0 aromatic carbocycles. The quantitative estimate of drug-likeness (QED) is 0.816. The van der Waals surface area contributed by atoms with Crippen LogP contribution in [0.3, 0.4) is 0 Å². The van der Waals surface area contributed by atoms with E-state index >= 15 is 0 Å². The van der Waals surface area contributed by atoms with Gasteiger partial charge in [-0.1, -0.05) is 0 Å². The topological polar surface area (TPSA) is 75.6 Å². The van der Waals surface area contributed by atoms with Gasteiger partial charge in [-0.3, -0.25) is 14.6 Å². The Morgan fingerprint density at radius 1 is 1.21 bits per heavy atom. The number of aromatic nitrogens is 2. The second-order valence-electron chi connectivity index (χ2n) is 6.48. The fourth-order valence-corrected chi connectivity index (χ4v) is 3.35. The second kappa shape index (κ2) is 7.70. The summed E-state index contributed by atoms with van der Waals surface area (Å²) in [4.78, 5) is 36.4. The van der Waals surface area contributed by atoms with Crippen molar-refractivity contribution in [3.63, 3.8) is 0 Å². The first kappa shape index (κ1) is 16.8. The van der Waals surface area contributed by atoms with E-state index in [-0.39, 0.29) is 11.8 Å². The lowest BCUT2D eigenvalue weighted by atomic mass is 9.93. The normalized spacial score (nSPS) is 21.6. The Morgan fingerprint density at radius 3 is 2.75 bits per heavy atom. The van der Waals surface area contributed by atoms with Crippen molar-refractivity contribution in [2.75, 3.05) is 39.4 Å². The predicted molar refractivity (Wildman–Crippen MR) is 87.4 cm³/mol. The van der Waals surface area contributed by atoms with Gasteiger partial charge in [-0.15, -0.1) is 0 Å². The Kier molecular flexibility index (Phi) is 5.40. The van der Waals surface area contributed by atoms with Crippen molar-refractivity contribution in [2.24, 2.45) is 5.92 Å². The number of amides is 2. The van der Waals surface area contributed by atoms with Gasteiger partial charge >= 0.3 is 0 Å². The molecule has 7 nitrogen and oxygen atoms in total. The minimum atomic E-state index is -0.0818. The van der Waals surface area contributed by atoms with Crippen LogP contribution >= 0.6 is 0 Å². The monoisotopic (exact) mass is 332 g/mol. The molecule has 2 aliphatic rings. The highest BCUT2D eigenvalue weighted by Gasteiger charge is 2.24. The van der Waals surface area contributed by atoms with Crippen LogP contribution in [0.5, 0.6) is 0 Å². The van der Waals surface area contributed by atoms with Crippen LogP contribution in [0.15, 0.2) is 12.4 Å². The van der Waals surface area contributed by atoms with Crippen molar-refractivity contribution in [3.8, 4) is 0 Å². The maximum Gasteiger partial charge on any atom is 0.274 e. The number of hydrogen-bond acceptors (Lipinski definition) is 5. The van der Waals surface area contributed by atoms with Crippen molar-refractivity contribution in [2.45, 2.75) is 26.2 Å². The van der Waals surface area contributed by atoms with Crippen LogP contribution in [0, 0.1) is 5.92 Å². The molecule has 24 heavy (non-hydrogen) atoms. The summed E-state index contributed by atoms with van der Waals surface area (Å²) in [6.45, 7) is 5.56. The highest BCUT2D eigenvalue weighted by atomic mass is 16.5. The molecule has 2 aliphatic heterocycles. The van der Waals surface area contributed by atoms with E-state index in [0.717, 1.165) is 38.0 Å². The third kappa shape index (κ3) is 4.08. The van der Waals surface area contributed by atoms with E-state index in [4.69, 9.17) is 4.74 Å². The summed E-state index contributed by atoms with van der Waals surface area (Å²) in [5, 5.41) is 0. The van der Waals surface area contributed by atoms with Crippen molar-refractivity contribution < 1.29 is 14.3 Å². The minimum absolute atomic E-state index is 0.0818. The molecule has 0 spiro atoms. The van der Waals surface area contributed by atoms with Gasteiger partial charge < -0.3 is 14.5 Å². The molecule has 130 valence electrons. The Bertz CT molecular complexity index is 601.